The summed E-state index contributed by atoms with van der Waals surface area (Å²) in [5, 5.41) is 12.8. The molecule has 0 fully saturated rings. The van der Waals surface area contributed by atoms with Crippen LogP contribution in [0.1, 0.15) is 53.8 Å². The van der Waals surface area contributed by atoms with Gasteiger partial charge in [-0.25, -0.2) is 0 Å². The van der Waals surface area contributed by atoms with Gasteiger partial charge < -0.3 is 15.3 Å². The molecule has 0 radical (unpaired) electrons. The highest BCUT2D eigenvalue weighted by molar-refractivity contribution is 6.04. The Balaban J connectivity index is 1.55. The third kappa shape index (κ3) is 4.02. The molecule has 10 heteroatoms. The first kappa shape index (κ1) is 20.6. The van der Waals surface area contributed by atoms with Gasteiger partial charge in [-0.2, -0.15) is 5.10 Å². The molecule has 0 aliphatic carbocycles. The van der Waals surface area contributed by atoms with Gasteiger partial charge in [0.25, 0.3) is 5.91 Å². The maximum atomic E-state index is 12.8. The quantitative estimate of drug-likeness (QED) is 0.588. The Morgan fingerprint density at radius 1 is 1.19 bits per heavy atom. The zero-order valence-electron chi connectivity index (χ0n) is 18.4. The fourth-order valence-electron chi connectivity index (χ4n) is 3.11. The van der Waals surface area contributed by atoms with E-state index in [1.54, 1.807) is 23.3 Å². The van der Waals surface area contributed by atoms with Crippen LogP contribution in [0.25, 0.3) is 5.70 Å². The first-order chi connectivity index (χ1) is 14.6. The molecule has 162 valence electrons. The number of carbonyl (C=O) groups is 1. The molecule has 0 spiro atoms. The second kappa shape index (κ2) is 7.55. The van der Waals surface area contributed by atoms with Gasteiger partial charge in [-0.3, -0.25) is 19.5 Å². The number of nitrogens with one attached hydrogen (secondary N) is 3. The number of aryl methyl sites for hydroxylation is 2. The summed E-state index contributed by atoms with van der Waals surface area (Å²) >= 11 is 0. The first-order valence-electron chi connectivity index (χ1n) is 9.90. The Morgan fingerprint density at radius 2 is 1.97 bits per heavy atom. The van der Waals surface area contributed by atoms with E-state index in [1.165, 1.54) is 6.20 Å². The van der Waals surface area contributed by atoms with Gasteiger partial charge in [0, 0.05) is 42.2 Å². The number of hydrogen-bond acceptors (Lipinski definition) is 8. The van der Waals surface area contributed by atoms with E-state index in [2.05, 4.69) is 31.5 Å². The van der Waals surface area contributed by atoms with Gasteiger partial charge in [-0.05, 0) is 19.9 Å². The predicted molar refractivity (Wildman–Crippen MR) is 117 cm³/mol. The highest BCUT2D eigenvalue weighted by Gasteiger charge is 2.22. The lowest BCUT2D eigenvalue weighted by atomic mass is 9.93. The predicted octanol–water partition coefficient (Wildman–Crippen LogP) is 2.80. The van der Waals surface area contributed by atoms with Crippen molar-refractivity contribution in [2.45, 2.75) is 40.0 Å². The summed E-state index contributed by atoms with van der Waals surface area (Å²) < 4.78 is 7.15. The highest BCUT2D eigenvalue weighted by atomic mass is 16.5. The smallest absolute Gasteiger partial charge is 0.258 e. The molecule has 0 aromatic carbocycles. The summed E-state index contributed by atoms with van der Waals surface area (Å²) in [6, 6.07) is 3.50. The standard InChI is InChI=1S/C21H26N8O2/c1-12-17(29-11-16(25-27-29)15-10-23-28(6)13(15)2)7-14(9-22-12)20(30)24-19-8-18(31-26-19)21(3,4)5/h7-11,25,27H,1-6H3,(H,24,26,30). The Hall–Kier alpha value is -3.66. The van der Waals surface area contributed by atoms with Gasteiger partial charge in [-0.1, -0.05) is 25.9 Å². The lowest BCUT2D eigenvalue weighted by Crippen LogP contribution is -2.36. The summed E-state index contributed by atoms with van der Waals surface area (Å²) in [7, 11) is 1.90. The van der Waals surface area contributed by atoms with E-state index in [-0.39, 0.29) is 11.3 Å². The van der Waals surface area contributed by atoms with Crippen LogP contribution in [-0.4, -0.2) is 25.8 Å². The normalized spacial score (nSPS) is 13.9. The van der Waals surface area contributed by atoms with Crippen LogP contribution in [0.15, 0.2) is 35.2 Å². The van der Waals surface area contributed by atoms with Gasteiger partial charge >= 0.3 is 0 Å². The van der Waals surface area contributed by atoms with Gasteiger partial charge in [0.1, 0.15) is 5.76 Å². The number of amides is 1. The van der Waals surface area contributed by atoms with Crippen LogP contribution >= 0.6 is 0 Å². The molecule has 1 aliphatic rings. The fourth-order valence-corrected chi connectivity index (χ4v) is 3.11. The van der Waals surface area contributed by atoms with Crippen LogP contribution < -0.4 is 21.3 Å². The zero-order valence-corrected chi connectivity index (χ0v) is 18.4. The van der Waals surface area contributed by atoms with Crippen LogP contribution in [0.2, 0.25) is 0 Å². The maximum Gasteiger partial charge on any atom is 0.258 e. The van der Waals surface area contributed by atoms with E-state index in [1.807, 2.05) is 52.5 Å². The molecule has 3 aromatic rings. The minimum Gasteiger partial charge on any atom is -0.359 e. The lowest BCUT2D eigenvalue weighted by molar-refractivity contribution is 0.102. The Labute approximate surface area is 180 Å². The molecule has 0 saturated heterocycles. The molecule has 1 amide bonds. The molecular weight excluding hydrogens is 396 g/mol. The van der Waals surface area contributed by atoms with Crippen molar-refractivity contribution in [2.75, 3.05) is 10.3 Å². The fraction of sp³-hybridized carbons (Fsp3) is 0.333. The summed E-state index contributed by atoms with van der Waals surface area (Å²) in [6.07, 6.45) is 5.25. The van der Waals surface area contributed by atoms with E-state index in [0.717, 1.165) is 28.3 Å². The molecule has 0 unspecified atom stereocenters. The van der Waals surface area contributed by atoms with Crippen molar-refractivity contribution in [3.05, 3.63) is 59.0 Å². The van der Waals surface area contributed by atoms with Crippen LogP contribution in [0, 0.1) is 13.8 Å². The zero-order chi connectivity index (χ0) is 22.3. The van der Waals surface area contributed by atoms with Gasteiger partial charge in [0.2, 0.25) is 0 Å². The van der Waals surface area contributed by atoms with Crippen molar-refractivity contribution in [1.29, 1.82) is 0 Å². The molecule has 1 aliphatic heterocycles. The molecule has 10 nitrogen and oxygen atoms in total. The van der Waals surface area contributed by atoms with Crippen molar-refractivity contribution in [3.8, 4) is 0 Å². The molecule has 31 heavy (non-hydrogen) atoms. The first-order valence-corrected chi connectivity index (χ1v) is 9.90. The summed E-state index contributed by atoms with van der Waals surface area (Å²) in [6.45, 7) is 9.93. The van der Waals surface area contributed by atoms with Gasteiger partial charge in [0.05, 0.1) is 28.8 Å². The number of pyridine rings is 1. The minimum atomic E-state index is -0.318. The number of hydrazine groups is 2. The highest BCUT2D eigenvalue weighted by Crippen LogP contribution is 2.26. The van der Waals surface area contributed by atoms with Gasteiger partial charge in [-0.15, -0.1) is 5.53 Å². The van der Waals surface area contributed by atoms with E-state index in [0.29, 0.717) is 17.1 Å². The number of carbonyl (C=O) groups excluding carboxylic acids is 1. The Morgan fingerprint density at radius 3 is 2.61 bits per heavy atom. The van der Waals surface area contributed by atoms with Crippen molar-refractivity contribution < 1.29 is 9.32 Å². The summed E-state index contributed by atoms with van der Waals surface area (Å²) in [5.41, 5.74) is 10.8. The SMILES string of the molecule is Cc1ncc(C(=O)Nc2cc(C(C)(C)C)on2)cc1N1C=C(c2cnn(C)c2C)NN1. The molecule has 3 N–H and O–H groups in total. The Bertz CT molecular complexity index is 1170. The molecule has 0 saturated carbocycles. The van der Waals surface area contributed by atoms with Crippen LogP contribution in [0.4, 0.5) is 11.5 Å². The average Bonchev–Trinajstić information content (AvgIpc) is 3.43. The molecule has 0 bridgehead atoms. The summed E-state index contributed by atoms with van der Waals surface area (Å²) in [5.74, 6) is 0.746. The van der Waals surface area contributed by atoms with E-state index >= 15 is 0 Å². The second-order valence-electron chi connectivity index (χ2n) is 8.53. The lowest BCUT2D eigenvalue weighted by Gasteiger charge is -2.17. The third-order valence-corrected chi connectivity index (χ3v) is 5.17. The monoisotopic (exact) mass is 422 g/mol. The second-order valence-corrected chi connectivity index (χ2v) is 8.53. The molecule has 0 atom stereocenters. The number of nitrogens with zero attached hydrogens (tertiary/aromatic N) is 5. The average molecular weight is 422 g/mol. The van der Waals surface area contributed by atoms with Crippen molar-refractivity contribution >= 4 is 23.1 Å². The Kier molecular flexibility index (Phi) is 5.02. The minimum absolute atomic E-state index is 0.195. The number of aromatic nitrogens is 4. The van der Waals surface area contributed by atoms with Crippen LogP contribution in [-0.2, 0) is 12.5 Å². The van der Waals surface area contributed by atoms with Crippen LogP contribution in [0.3, 0.4) is 0 Å². The van der Waals surface area contributed by atoms with E-state index < -0.39 is 0 Å². The third-order valence-electron chi connectivity index (χ3n) is 5.17. The van der Waals surface area contributed by atoms with Crippen LogP contribution in [0.5, 0.6) is 0 Å². The van der Waals surface area contributed by atoms with E-state index in [4.69, 9.17) is 4.52 Å². The molecular formula is C21H26N8O2. The van der Waals surface area contributed by atoms with Gasteiger partial charge in [0.15, 0.2) is 5.82 Å². The number of hydrogen-bond donors (Lipinski definition) is 3. The maximum absolute atomic E-state index is 12.8. The molecule has 4 rings (SSSR count). The van der Waals surface area contributed by atoms with Crippen molar-refractivity contribution in [2.24, 2.45) is 7.05 Å². The summed E-state index contributed by atoms with van der Waals surface area (Å²) in [4.78, 5) is 17.2. The number of anilines is 2. The topological polar surface area (TPSA) is 113 Å². The van der Waals surface area contributed by atoms with E-state index in [9.17, 15) is 4.79 Å². The van der Waals surface area contributed by atoms with Crippen molar-refractivity contribution in [1.82, 2.24) is 30.9 Å². The number of rotatable bonds is 4. The largest absolute Gasteiger partial charge is 0.359 e. The molecule has 3 aromatic heterocycles. The molecule has 4 heterocycles. The van der Waals surface area contributed by atoms with Crippen molar-refractivity contribution in [3.63, 3.8) is 0 Å².